The first-order valence-electron chi connectivity index (χ1n) is 12.2. The van der Waals surface area contributed by atoms with E-state index in [1.807, 2.05) is 37.8 Å². The number of piperidine rings is 1. The fraction of sp³-hybridized carbons (Fsp3) is 0.440. The number of aromatic nitrogens is 5. The molecule has 0 unspecified atom stereocenters. The van der Waals surface area contributed by atoms with Gasteiger partial charge < -0.3 is 25.2 Å². The number of hydrogen-bond acceptors (Lipinski definition) is 8. The van der Waals surface area contributed by atoms with Gasteiger partial charge in [0.25, 0.3) is 0 Å². The second-order valence-corrected chi connectivity index (χ2v) is 9.34. The topological polar surface area (TPSA) is 104 Å². The number of rotatable bonds is 5. The maximum absolute atomic E-state index is 10.6. The van der Waals surface area contributed by atoms with Crippen LogP contribution in [0.1, 0.15) is 38.1 Å². The van der Waals surface area contributed by atoms with Crippen LogP contribution >= 0.6 is 0 Å². The maximum Gasteiger partial charge on any atom is 0.230 e. The molecule has 0 bridgehead atoms. The van der Waals surface area contributed by atoms with Crippen molar-refractivity contribution >= 4 is 39.4 Å². The summed E-state index contributed by atoms with van der Waals surface area (Å²) in [6.07, 6.45) is 12.1. The Balaban J connectivity index is 1.28. The summed E-state index contributed by atoms with van der Waals surface area (Å²) in [5.41, 5.74) is 2.94. The van der Waals surface area contributed by atoms with E-state index in [1.54, 1.807) is 6.20 Å². The van der Waals surface area contributed by atoms with Crippen molar-refractivity contribution in [3.05, 3.63) is 43.0 Å². The SMILES string of the molecule is CNC1CCN(c2ccc(Nc3ncc4c5ccncc5n([C@H]5CCC[C@H]5O)c4n3)nc2)CC1. The van der Waals surface area contributed by atoms with Crippen molar-refractivity contribution in [3.63, 3.8) is 0 Å². The van der Waals surface area contributed by atoms with Crippen molar-refractivity contribution in [1.82, 2.24) is 29.8 Å². The van der Waals surface area contributed by atoms with Gasteiger partial charge in [-0.3, -0.25) is 4.98 Å². The Bertz CT molecular complexity index is 1300. The van der Waals surface area contributed by atoms with Gasteiger partial charge in [0.2, 0.25) is 5.95 Å². The van der Waals surface area contributed by atoms with Crippen LogP contribution in [-0.2, 0) is 0 Å². The van der Waals surface area contributed by atoms with E-state index in [9.17, 15) is 5.11 Å². The lowest BCUT2D eigenvalue weighted by Crippen LogP contribution is -2.41. The Morgan fingerprint density at radius 3 is 2.59 bits per heavy atom. The molecule has 1 saturated carbocycles. The molecule has 0 spiro atoms. The van der Waals surface area contributed by atoms with Gasteiger partial charge in [0.15, 0.2) is 0 Å². The molecule has 9 heteroatoms. The van der Waals surface area contributed by atoms with Gasteiger partial charge in [0.05, 0.1) is 35.7 Å². The molecule has 0 radical (unpaired) electrons. The highest BCUT2D eigenvalue weighted by molar-refractivity contribution is 6.06. The fourth-order valence-electron chi connectivity index (χ4n) is 5.47. The van der Waals surface area contributed by atoms with Crippen LogP contribution in [0, 0.1) is 0 Å². The Morgan fingerprint density at radius 1 is 0.971 bits per heavy atom. The highest BCUT2D eigenvalue weighted by Gasteiger charge is 2.30. The fourth-order valence-corrected chi connectivity index (χ4v) is 5.47. The third-order valence-corrected chi connectivity index (χ3v) is 7.38. The molecule has 4 aromatic rings. The second kappa shape index (κ2) is 8.81. The first kappa shape index (κ1) is 21.2. The highest BCUT2D eigenvalue weighted by atomic mass is 16.3. The van der Waals surface area contributed by atoms with Gasteiger partial charge >= 0.3 is 0 Å². The van der Waals surface area contributed by atoms with Crippen LogP contribution in [0.2, 0.25) is 0 Å². The molecule has 2 fully saturated rings. The molecule has 6 rings (SSSR count). The molecule has 5 heterocycles. The standard InChI is InChI=1S/C25H30N8O/c1-26-16-8-11-32(12-9-16)17-5-6-23(28-13-17)30-25-29-14-19-18-7-10-27-15-21(18)33(24(19)31-25)20-3-2-4-22(20)34/h5-7,10,13-16,20,22,26,34H,2-4,8-9,11-12H2,1H3,(H,28,29,30,31)/t20-,22+/m0/s1. The van der Waals surface area contributed by atoms with Crippen LogP contribution in [0.25, 0.3) is 21.9 Å². The van der Waals surface area contributed by atoms with Crippen LogP contribution in [0.4, 0.5) is 17.5 Å². The second-order valence-electron chi connectivity index (χ2n) is 9.34. The average Bonchev–Trinajstić information content (AvgIpc) is 3.44. The molecule has 1 aliphatic heterocycles. The van der Waals surface area contributed by atoms with Crippen molar-refractivity contribution < 1.29 is 5.11 Å². The molecule has 1 aliphatic carbocycles. The van der Waals surface area contributed by atoms with E-state index in [0.29, 0.717) is 17.8 Å². The van der Waals surface area contributed by atoms with Crippen molar-refractivity contribution in [3.8, 4) is 0 Å². The summed E-state index contributed by atoms with van der Waals surface area (Å²) in [5.74, 6) is 1.20. The van der Waals surface area contributed by atoms with E-state index in [4.69, 9.17) is 4.98 Å². The van der Waals surface area contributed by atoms with E-state index >= 15 is 0 Å². The summed E-state index contributed by atoms with van der Waals surface area (Å²) in [7, 11) is 2.04. The Labute approximate surface area is 198 Å². The van der Waals surface area contributed by atoms with E-state index in [1.165, 1.54) is 0 Å². The number of nitrogens with one attached hydrogen (secondary N) is 2. The zero-order valence-electron chi connectivity index (χ0n) is 19.4. The molecule has 9 nitrogen and oxygen atoms in total. The lowest BCUT2D eigenvalue weighted by molar-refractivity contribution is 0.140. The smallest absolute Gasteiger partial charge is 0.230 e. The Morgan fingerprint density at radius 2 is 1.85 bits per heavy atom. The highest BCUT2D eigenvalue weighted by Crippen LogP contribution is 2.37. The first-order chi connectivity index (χ1) is 16.7. The van der Waals surface area contributed by atoms with Gasteiger partial charge in [-0.05, 0) is 57.4 Å². The number of pyridine rings is 2. The minimum atomic E-state index is -0.377. The van der Waals surface area contributed by atoms with Gasteiger partial charge in [-0.1, -0.05) is 0 Å². The van der Waals surface area contributed by atoms with Gasteiger partial charge in [0, 0.05) is 42.3 Å². The number of nitrogens with zero attached hydrogens (tertiary/aromatic N) is 6. The molecule has 1 saturated heterocycles. The summed E-state index contributed by atoms with van der Waals surface area (Å²) in [6.45, 7) is 2.07. The minimum absolute atomic E-state index is 0.00333. The largest absolute Gasteiger partial charge is 0.391 e. The molecule has 0 aromatic carbocycles. The summed E-state index contributed by atoms with van der Waals surface area (Å²) >= 11 is 0. The molecule has 34 heavy (non-hydrogen) atoms. The average molecular weight is 459 g/mol. The van der Waals surface area contributed by atoms with Crippen LogP contribution in [0.3, 0.4) is 0 Å². The van der Waals surface area contributed by atoms with Crippen molar-refractivity contribution in [2.45, 2.75) is 50.3 Å². The predicted molar refractivity (Wildman–Crippen MR) is 134 cm³/mol. The monoisotopic (exact) mass is 458 g/mol. The predicted octanol–water partition coefficient (Wildman–Crippen LogP) is 3.39. The molecule has 4 aromatic heterocycles. The third kappa shape index (κ3) is 3.74. The van der Waals surface area contributed by atoms with Crippen LogP contribution in [0.5, 0.6) is 0 Å². The summed E-state index contributed by atoms with van der Waals surface area (Å²) in [5, 5.41) is 19.3. The quantitative estimate of drug-likeness (QED) is 0.418. The summed E-state index contributed by atoms with van der Waals surface area (Å²) < 4.78 is 2.15. The van der Waals surface area contributed by atoms with Gasteiger partial charge in [0.1, 0.15) is 11.5 Å². The molecule has 2 atom stereocenters. The van der Waals surface area contributed by atoms with Gasteiger partial charge in [-0.25, -0.2) is 9.97 Å². The molecule has 176 valence electrons. The minimum Gasteiger partial charge on any atom is -0.391 e. The molecular weight excluding hydrogens is 428 g/mol. The zero-order valence-corrected chi connectivity index (χ0v) is 19.4. The Hall–Kier alpha value is -3.30. The van der Waals surface area contributed by atoms with Crippen molar-refractivity contribution in [2.24, 2.45) is 0 Å². The Kier molecular flexibility index (Phi) is 5.50. The summed E-state index contributed by atoms with van der Waals surface area (Å²) in [4.78, 5) is 20.8. The molecular formula is C25H30N8O. The van der Waals surface area contributed by atoms with Crippen LogP contribution in [0.15, 0.2) is 43.0 Å². The number of anilines is 3. The summed E-state index contributed by atoms with van der Waals surface area (Å²) in [6, 6.07) is 6.68. The number of aliphatic hydroxyl groups is 1. The van der Waals surface area contributed by atoms with Crippen molar-refractivity contribution in [2.75, 3.05) is 30.4 Å². The van der Waals surface area contributed by atoms with Gasteiger partial charge in [-0.2, -0.15) is 4.98 Å². The zero-order chi connectivity index (χ0) is 23.1. The molecule has 0 amide bonds. The number of hydrogen-bond donors (Lipinski definition) is 3. The van der Waals surface area contributed by atoms with Crippen molar-refractivity contribution in [1.29, 1.82) is 0 Å². The van der Waals surface area contributed by atoms with Crippen LogP contribution in [-0.4, -0.2) is 61.9 Å². The normalized spacial score (nSPS) is 21.5. The third-order valence-electron chi connectivity index (χ3n) is 7.38. The van der Waals surface area contributed by atoms with Gasteiger partial charge in [-0.15, -0.1) is 0 Å². The molecule has 3 N–H and O–H groups in total. The van der Waals surface area contributed by atoms with E-state index in [0.717, 1.165) is 72.8 Å². The number of aliphatic hydroxyl groups excluding tert-OH is 1. The molecule has 2 aliphatic rings. The lowest BCUT2D eigenvalue weighted by atomic mass is 10.1. The van der Waals surface area contributed by atoms with E-state index < -0.39 is 0 Å². The lowest BCUT2D eigenvalue weighted by Gasteiger charge is -2.33. The number of fused-ring (bicyclic) bond motifs is 3. The van der Waals surface area contributed by atoms with Crippen LogP contribution < -0.4 is 15.5 Å². The maximum atomic E-state index is 10.6. The van der Waals surface area contributed by atoms with E-state index in [-0.39, 0.29) is 12.1 Å². The van der Waals surface area contributed by atoms with E-state index in [2.05, 4.69) is 41.1 Å². The first-order valence-corrected chi connectivity index (χ1v) is 12.2.